The molecule has 0 bridgehead atoms. The van der Waals surface area contributed by atoms with Crippen molar-refractivity contribution in [3.05, 3.63) is 77.2 Å². The first-order valence-electron chi connectivity index (χ1n) is 6.80. The summed E-state index contributed by atoms with van der Waals surface area (Å²) in [5.41, 5.74) is 3.78. The fourth-order valence-corrected chi connectivity index (χ4v) is 2.00. The van der Waals surface area contributed by atoms with Crippen LogP contribution in [0.25, 0.3) is 0 Å². The Morgan fingerprint density at radius 2 is 1.82 bits per heavy atom. The SMILES string of the molecule is C=C/C(=C(/C)C(=C)Br)N(C=O)/C=C\N(C)c1ccc(C)cc1. The summed E-state index contributed by atoms with van der Waals surface area (Å²) in [6.45, 7) is 11.5. The lowest BCUT2D eigenvalue weighted by Gasteiger charge is -2.19. The molecule has 0 unspecified atom stereocenters. The first-order chi connectivity index (χ1) is 10.4. The van der Waals surface area contributed by atoms with Crippen molar-refractivity contribution in [1.82, 2.24) is 4.90 Å². The number of hydrogen-bond acceptors (Lipinski definition) is 2. The molecule has 1 aromatic carbocycles. The molecule has 1 amide bonds. The maximum absolute atomic E-state index is 11.4. The van der Waals surface area contributed by atoms with Crippen molar-refractivity contribution in [2.45, 2.75) is 13.8 Å². The van der Waals surface area contributed by atoms with Gasteiger partial charge in [-0.25, -0.2) is 0 Å². The highest BCUT2D eigenvalue weighted by Gasteiger charge is 2.08. The van der Waals surface area contributed by atoms with Gasteiger partial charge in [-0.3, -0.25) is 9.69 Å². The van der Waals surface area contributed by atoms with Gasteiger partial charge in [0.05, 0.1) is 5.70 Å². The maximum atomic E-state index is 11.4. The van der Waals surface area contributed by atoms with Gasteiger partial charge in [0.15, 0.2) is 0 Å². The number of rotatable bonds is 7. The Hall–Kier alpha value is -2.07. The van der Waals surface area contributed by atoms with E-state index in [0.29, 0.717) is 5.70 Å². The number of carbonyl (C=O) groups excluding carboxylic acids is 1. The summed E-state index contributed by atoms with van der Waals surface area (Å²) in [5, 5.41) is 0. The van der Waals surface area contributed by atoms with Crippen LogP contribution in [0.1, 0.15) is 12.5 Å². The van der Waals surface area contributed by atoms with Gasteiger partial charge in [-0.1, -0.05) is 46.8 Å². The molecule has 1 rings (SSSR count). The van der Waals surface area contributed by atoms with Crippen LogP contribution in [0, 0.1) is 6.92 Å². The molecule has 0 aliphatic heterocycles. The van der Waals surface area contributed by atoms with Crippen molar-refractivity contribution < 1.29 is 4.79 Å². The molecule has 0 N–H and O–H groups in total. The normalized spacial score (nSPS) is 11.8. The Labute approximate surface area is 141 Å². The largest absolute Gasteiger partial charge is 0.350 e. The van der Waals surface area contributed by atoms with Crippen LogP contribution >= 0.6 is 15.9 Å². The van der Waals surface area contributed by atoms with E-state index >= 15 is 0 Å². The molecule has 0 aliphatic rings. The average Bonchev–Trinajstić information content (AvgIpc) is 2.51. The molecule has 0 aliphatic carbocycles. The summed E-state index contributed by atoms with van der Waals surface area (Å²) in [6.07, 6.45) is 5.90. The Morgan fingerprint density at radius 3 is 2.27 bits per heavy atom. The van der Waals surface area contributed by atoms with Gasteiger partial charge in [0.25, 0.3) is 0 Å². The number of benzene rings is 1. The molecule has 0 heterocycles. The van der Waals surface area contributed by atoms with Crippen LogP contribution in [0.5, 0.6) is 0 Å². The van der Waals surface area contributed by atoms with Crippen LogP contribution in [0.15, 0.2) is 71.7 Å². The molecule has 4 heteroatoms. The van der Waals surface area contributed by atoms with E-state index in [0.717, 1.165) is 22.2 Å². The summed E-state index contributed by atoms with van der Waals surface area (Å²) in [6, 6.07) is 8.15. The van der Waals surface area contributed by atoms with Crippen molar-refractivity contribution in [2.75, 3.05) is 11.9 Å². The average molecular weight is 361 g/mol. The molecule has 0 atom stereocenters. The quantitative estimate of drug-likeness (QED) is 0.518. The zero-order valence-corrected chi connectivity index (χ0v) is 14.8. The predicted octanol–water partition coefficient (Wildman–Crippen LogP) is 4.73. The Balaban J connectivity index is 3.00. The van der Waals surface area contributed by atoms with Crippen LogP contribution in [0.2, 0.25) is 0 Å². The van der Waals surface area contributed by atoms with E-state index in [2.05, 4.69) is 29.1 Å². The fraction of sp³-hybridized carbons (Fsp3) is 0.167. The van der Waals surface area contributed by atoms with E-state index in [4.69, 9.17) is 0 Å². The minimum absolute atomic E-state index is 0.686. The Morgan fingerprint density at radius 1 is 1.23 bits per heavy atom. The van der Waals surface area contributed by atoms with Gasteiger partial charge >= 0.3 is 0 Å². The highest BCUT2D eigenvalue weighted by molar-refractivity contribution is 9.11. The monoisotopic (exact) mass is 360 g/mol. The van der Waals surface area contributed by atoms with Crippen LogP contribution in [0.4, 0.5) is 5.69 Å². The molecule has 0 fully saturated rings. The second-order valence-corrected chi connectivity index (χ2v) is 5.83. The zero-order chi connectivity index (χ0) is 16.7. The fourth-order valence-electron chi connectivity index (χ4n) is 1.80. The van der Waals surface area contributed by atoms with Crippen molar-refractivity contribution in [3.8, 4) is 0 Å². The van der Waals surface area contributed by atoms with Gasteiger partial charge in [-0.05, 0) is 37.6 Å². The molecule has 1 aromatic rings. The topological polar surface area (TPSA) is 23.6 Å². The van der Waals surface area contributed by atoms with Crippen LogP contribution in [0.3, 0.4) is 0 Å². The van der Waals surface area contributed by atoms with E-state index in [9.17, 15) is 4.79 Å². The third-order valence-electron chi connectivity index (χ3n) is 3.27. The molecule has 0 saturated carbocycles. The number of aryl methyl sites for hydroxylation is 1. The summed E-state index contributed by atoms with van der Waals surface area (Å²) in [7, 11) is 1.93. The molecule has 3 nitrogen and oxygen atoms in total. The first-order valence-corrected chi connectivity index (χ1v) is 7.59. The Kier molecular flexibility index (Phi) is 6.86. The lowest BCUT2D eigenvalue weighted by molar-refractivity contribution is -0.114. The van der Waals surface area contributed by atoms with Crippen molar-refractivity contribution in [2.24, 2.45) is 0 Å². The number of nitrogens with zero attached hydrogens (tertiary/aromatic N) is 2. The molecule has 0 radical (unpaired) electrons. The summed E-state index contributed by atoms with van der Waals surface area (Å²) in [5.74, 6) is 0. The smallest absolute Gasteiger partial charge is 0.218 e. The van der Waals surface area contributed by atoms with Crippen LogP contribution in [-0.4, -0.2) is 18.4 Å². The number of amides is 1. The third-order valence-corrected chi connectivity index (χ3v) is 3.86. The minimum atomic E-state index is 0.686. The second kappa shape index (κ2) is 8.39. The highest BCUT2D eigenvalue weighted by Crippen LogP contribution is 2.21. The zero-order valence-electron chi connectivity index (χ0n) is 13.2. The summed E-state index contributed by atoms with van der Waals surface area (Å²) >= 11 is 3.33. The first kappa shape index (κ1) is 18.0. The van der Waals surface area contributed by atoms with Gasteiger partial charge in [-0.2, -0.15) is 0 Å². The molecule has 0 aromatic heterocycles. The van der Waals surface area contributed by atoms with E-state index in [-0.39, 0.29) is 0 Å². The molecule has 0 saturated heterocycles. The molecule has 0 spiro atoms. The summed E-state index contributed by atoms with van der Waals surface area (Å²) in [4.78, 5) is 14.8. The van der Waals surface area contributed by atoms with Gasteiger partial charge in [0, 0.05) is 29.6 Å². The van der Waals surface area contributed by atoms with E-state index < -0.39 is 0 Å². The Bertz CT molecular complexity index is 614. The van der Waals surface area contributed by atoms with Crippen LogP contribution < -0.4 is 4.90 Å². The van der Waals surface area contributed by atoms with E-state index in [1.54, 1.807) is 12.3 Å². The minimum Gasteiger partial charge on any atom is -0.350 e. The van der Waals surface area contributed by atoms with Crippen molar-refractivity contribution >= 4 is 28.0 Å². The standard InChI is InChI=1S/C18H21BrN2O/c1-6-18(15(3)16(4)19)21(13-22)12-11-20(5)17-9-7-14(2)8-10-17/h6-13H,1,4H2,2-3,5H3/b12-11-,18-15+. The second-order valence-electron chi connectivity index (χ2n) is 4.88. The maximum Gasteiger partial charge on any atom is 0.218 e. The van der Waals surface area contributed by atoms with E-state index in [1.807, 2.05) is 56.3 Å². The molecule has 22 heavy (non-hydrogen) atoms. The van der Waals surface area contributed by atoms with Crippen molar-refractivity contribution in [3.63, 3.8) is 0 Å². The third kappa shape index (κ3) is 4.74. The number of halogens is 1. The summed E-state index contributed by atoms with van der Waals surface area (Å²) < 4.78 is 0.717. The van der Waals surface area contributed by atoms with Gasteiger partial charge in [0.2, 0.25) is 6.41 Å². The number of hydrogen-bond donors (Lipinski definition) is 0. The number of carbonyl (C=O) groups is 1. The van der Waals surface area contributed by atoms with Crippen molar-refractivity contribution in [1.29, 1.82) is 0 Å². The molecule has 116 valence electrons. The van der Waals surface area contributed by atoms with Gasteiger partial charge in [-0.15, -0.1) is 0 Å². The van der Waals surface area contributed by atoms with Crippen LogP contribution in [-0.2, 0) is 4.79 Å². The number of anilines is 1. The highest BCUT2D eigenvalue weighted by atomic mass is 79.9. The van der Waals surface area contributed by atoms with Gasteiger partial charge in [0.1, 0.15) is 0 Å². The number of allylic oxidation sites excluding steroid dienone is 3. The lowest BCUT2D eigenvalue weighted by atomic mass is 10.2. The van der Waals surface area contributed by atoms with E-state index in [1.165, 1.54) is 10.5 Å². The molecular weight excluding hydrogens is 340 g/mol. The molecular formula is C18H21BrN2O. The lowest BCUT2D eigenvalue weighted by Crippen LogP contribution is -2.17. The predicted molar refractivity (Wildman–Crippen MR) is 97.6 cm³/mol. The van der Waals surface area contributed by atoms with Gasteiger partial charge < -0.3 is 4.90 Å².